The number of nitrogens with zero attached hydrogens (tertiary/aromatic N) is 2. The first-order chi connectivity index (χ1) is 20.0. The van der Waals surface area contributed by atoms with Gasteiger partial charge in [0, 0.05) is 44.5 Å². The van der Waals surface area contributed by atoms with E-state index < -0.39 is 23.2 Å². The second-order valence-corrected chi connectivity index (χ2v) is 13.7. The molecule has 3 fully saturated rings. The number of carbonyl (C=O) groups is 2. The highest BCUT2D eigenvalue weighted by atomic mass is 16.6. The summed E-state index contributed by atoms with van der Waals surface area (Å²) in [6, 6.07) is 3.42. The molecule has 1 saturated heterocycles. The highest BCUT2D eigenvalue weighted by molar-refractivity contribution is 5.81. The summed E-state index contributed by atoms with van der Waals surface area (Å²) in [7, 11) is 3.98. The maximum absolute atomic E-state index is 13.1. The van der Waals surface area contributed by atoms with Gasteiger partial charge in [-0.2, -0.15) is 0 Å². The smallest absolute Gasteiger partial charge is 0.415 e. The van der Waals surface area contributed by atoms with Crippen molar-refractivity contribution in [3.8, 4) is 11.5 Å². The van der Waals surface area contributed by atoms with Crippen molar-refractivity contribution in [2.24, 2.45) is 17.4 Å². The van der Waals surface area contributed by atoms with Crippen LogP contribution in [0.5, 0.6) is 11.5 Å². The number of benzene rings is 1. The predicted molar refractivity (Wildman–Crippen MR) is 159 cm³/mol. The summed E-state index contributed by atoms with van der Waals surface area (Å²) >= 11 is 0. The Labute approximate surface area is 249 Å². The number of nitrogens with one attached hydrogen (secondary N) is 1. The van der Waals surface area contributed by atoms with Crippen molar-refractivity contribution in [3.63, 3.8) is 0 Å². The number of likely N-dealkylation sites (N-methyl/N-ethyl adjacent to an activating group) is 2. The van der Waals surface area contributed by atoms with E-state index in [1.807, 2.05) is 6.07 Å². The van der Waals surface area contributed by atoms with Gasteiger partial charge in [-0.1, -0.05) is 19.1 Å². The van der Waals surface area contributed by atoms with Crippen LogP contribution in [0.15, 0.2) is 24.3 Å². The van der Waals surface area contributed by atoms with Crippen LogP contribution in [0, 0.1) is 5.92 Å². The Morgan fingerprint density at radius 3 is 2.83 bits per heavy atom. The van der Waals surface area contributed by atoms with Gasteiger partial charge >= 0.3 is 6.09 Å². The summed E-state index contributed by atoms with van der Waals surface area (Å²) in [4.78, 5) is 26.8. The first kappa shape index (κ1) is 29.4. The molecule has 2 heterocycles. The van der Waals surface area contributed by atoms with Gasteiger partial charge in [0.15, 0.2) is 11.5 Å². The quantitative estimate of drug-likeness (QED) is 0.178. The van der Waals surface area contributed by atoms with E-state index >= 15 is 0 Å². The number of amides is 2. The molecule has 42 heavy (non-hydrogen) atoms. The molecule has 3 aliphatic carbocycles. The molecule has 6 rings (SSSR count). The minimum absolute atomic E-state index is 0.105. The second-order valence-electron chi connectivity index (χ2n) is 13.7. The number of rotatable bonds is 11. The summed E-state index contributed by atoms with van der Waals surface area (Å²) in [5.41, 5.74) is 13.2. The van der Waals surface area contributed by atoms with E-state index in [9.17, 15) is 14.7 Å². The summed E-state index contributed by atoms with van der Waals surface area (Å²) in [5, 5.41) is 15.5. The zero-order valence-electron chi connectivity index (χ0n) is 25.2. The molecule has 0 radical (unpaired) electrons. The van der Waals surface area contributed by atoms with Crippen molar-refractivity contribution in [1.82, 2.24) is 10.2 Å². The number of nitrogens with two attached hydrogens (primary N) is 2. The molecule has 230 valence electrons. The molecule has 10 nitrogen and oxygen atoms in total. The lowest BCUT2D eigenvalue weighted by molar-refractivity contribution is -0.950. The summed E-state index contributed by atoms with van der Waals surface area (Å²) in [5.74, 6) is 1.48. The molecule has 0 aromatic heterocycles. The molecule has 6 atom stereocenters. The fourth-order valence-electron chi connectivity index (χ4n) is 8.52. The van der Waals surface area contributed by atoms with Gasteiger partial charge in [0.25, 0.3) is 0 Å². The first-order valence-corrected chi connectivity index (χ1v) is 15.8. The summed E-state index contributed by atoms with van der Waals surface area (Å²) in [6.45, 7) is 7.62. The second kappa shape index (κ2) is 10.8. The number of hydrogen-bond donors (Lipinski definition) is 4. The Bertz CT molecular complexity index is 1270. The van der Waals surface area contributed by atoms with Crippen molar-refractivity contribution in [1.29, 1.82) is 0 Å². The van der Waals surface area contributed by atoms with Crippen LogP contribution >= 0.6 is 0 Å². The molecular formula is C32H48N5O5+. The average Bonchev–Trinajstić information content (AvgIpc) is 3.69. The Hall–Kier alpha value is -2.66. The highest BCUT2D eigenvalue weighted by Gasteiger charge is 2.75. The van der Waals surface area contributed by atoms with Gasteiger partial charge in [-0.25, -0.2) is 4.79 Å². The third-order valence-electron chi connectivity index (χ3n) is 11.0. The molecule has 2 amide bonds. The zero-order chi connectivity index (χ0) is 29.9. The number of ether oxygens (including phenoxy) is 2. The Morgan fingerprint density at radius 1 is 1.31 bits per heavy atom. The lowest BCUT2D eigenvalue weighted by Gasteiger charge is -2.65. The van der Waals surface area contributed by atoms with Gasteiger partial charge in [-0.05, 0) is 62.3 Å². The van der Waals surface area contributed by atoms with Gasteiger partial charge in [0.05, 0.1) is 31.6 Å². The standard InChI is InChI=1S/C32H47N5O5/c1-20-11-12-32(40)25-18-22-9-10-24(41-30(39)36(2)16-15-35-29(38)23(34)6-4-5-14-33)27-26(22)31(32,28(20)42-27)13-17-37(25,3)19-21-7-8-21/h9-10,21,23,25,28,40H,1,4-8,11-19,33-34H2,2-3H3/p+1/t23-,25+,28-,31-,32+,37?/m0/s1. The number of quaternary nitrogens is 1. The topological polar surface area (TPSA) is 140 Å². The number of aliphatic hydroxyl groups is 1. The lowest BCUT2D eigenvalue weighted by atomic mass is 9.48. The van der Waals surface area contributed by atoms with Gasteiger partial charge < -0.3 is 40.7 Å². The summed E-state index contributed by atoms with van der Waals surface area (Å²) in [6.07, 6.45) is 6.95. The van der Waals surface area contributed by atoms with Gasteiger partial charge in [0.2, 0.25) is 5.91 Å². The number of piperidine rings is 1. The molecule has 1 aromatic rings. The lowest BCUT2D eigenvalue weighted by Crippen LogP contribution is -2.80. The highest BCUT2D eigenvalue weighted by Crippen LogP contribution is 2.67. The minimum atomic E-state index is -0.901. The van der Waals surface area contributed by atoms with Crippen LogP contribution in [0.1, 0.15) is 62.5 Å². The van der Waals surface area contributed by atoms with E-state index in [-0.39, 0.29) is 31.1 Å². The number of unbranched alkanes of at least 4 members (excludes halogenated alkanes) is 1. The summed E-state index contributed by atoms with van der Waals surface area (Å²) < 4.78 is 13.5. The van der Waals surface area contributed by atoms with E-state index in [4.69, 9.17) is 20.9 Å². The van der Waals surface area contributed by atoms with Crippen LogP contribution in [0.3, 0.4) is 0 Å². The van der Waals surface area contributed by atoms with Crippen molar-refractivity contribution < 1.29 is 28.7 Å². The predicted octanol–water partition coefficient (Wildman–Crippen LogP) is 1.95. The largest absolute Gasteiger partial charge is 0.481 e. The van der Waals surface area contributed by atoms with E-state index in [1.165, 1.54) is 23.3 Å². The maximum atomic E-state index is 13.1. The molecule has 6 N–H and O–H groups in total. The van der Waals surface area contributed by atoms with E-state index in [1.54, 1.807) is 7.05 Å². The molecule has 2 aliphatic heterocycles. The van der Waals surface area contributed by atoms with Crippen LogP contribution in [0.25, 0.3) is 0 Å². The Balaban J connectivity index is 1.19. The molecule has 10 heteroatoms. The number of likely N-dealkylation sites (tertiary alicyclic amines) is 1. The molecule has 2 saturated carbocycles. The molecular weight excluding hydrogens is 534 g/mol. The normalized spacial score (nSPS) is 32.9. The van der Waals surface area contributed by atoms with Gasteiger partial charge in [0.1, 0.15) is 17.7 Å². The first-order valence-electron chi connectivity index (χ1n) is 15.8. The van der Waals surface area contributed by atoms with E-state index in [0.717, 1.165) is 66.7 Å². The molecule has 2 bridgehead atoms. The maximum Gasteiger partial charge on any atom is 0.415 e. The van der Waals surface area contributed by atoms with Crippen molar-refractivity contribution >= 4 is 12.0 Å². The SMILES string of the molecule is C=C1CC[C@@]2(O)[C@H]3Cc4ccc(OC(=O)N(C)CCNC(=O)[C@@H](N)CCCCN)c5c4[C@@]2(CC[N+]3(C)CC2CC2)[C@H]1O5. The van der Waals surface area contributed by atoms with Crippen molar-refractivity contribution in [2.75, 3.05) is 46.8 Å². The van der Waals surface area contributed by atoms with Gasteiger partial charge in [-0.3, -0.25) is 4.79 Å². The van der Waals surface area contributed by atoms with Crippen LogP contribution in [0.2, 0.25) is 0 Å². The minimum Gasteiger partial charge on any atom is -0.481 e. The number of hydrogen-bond acceptors (Lipinski definition) is 7. The van der Waals surface area contributed by atoms with E-state index in [2.05, 4.69) is 25.0 Å². The third-order valence-corrected chi connectivity index (χ3v) is 11.0. The fourth-order valence-corrected chi connectivity index (χ4v) is 8.52. The van der Waals surface area contributed by atoms with Crippen LogP contribution < -0.4 is 26.3 Å². The van der Waals surface area contributed by atoms with E-state index in [0.29, 0.717) is 30.9 Å². The number of carbonyl (C=O) groups excluding carboxylic acids is 2. The zero-order valence-corrected chi connectivity index (χ0v) is 25.2. The molecule has 1 unspecified atom stereocenters. The van der Waals surface area contributed by atoms with Crippen LogP contribution in [-0.4, -0.2) is 97.1 Å². The van der Waals surface area contributed by atoms with Crippen molar-refractivity contribution in [3.05, 3.63) is 35.4 Å². The van der Waals surface area contributed by atoms with Crippen molar-refractivity contribution in [2.45, 2.75) is 87.0 Å². The Kier molecular flexibility index (Phi) is 7.57. The van der Waals surface area contributed by atoms with Crippen LogP contribution in [0.4, 0.5) is 4.79 Å². The van der Waals surface area contributed by atoms with Crippen LogP contribution in [-0.2, 0) is 16.6 Å². The monoisotopic (exact) mass is 582 g/mol. The Morgan fingerprint density at radius 2 is 2.10 bits per heavy atom. The third kappa shape index (κ3) is 4.62. The van der Waals surface area contributed by atoms with Gasteiger partial charge in [-0.15, -0.1) is 0 Å². The molecule has 1 aromatic carbocycles. The molecule has 1 spiro atoms. The average molecular weight is 583 g/mol. The molecule has 5 aliphatic rings. The fraction of sp³-hybridized carbons (Fsp3) is 0.688.